The molecule has 1 aromatic rings. The lowest BCUT2D eigenvalue weighted by Crippen LogP contribution is -2.57. The minimum Gasteiger partial charge on any atom is -0.480 e. The second-order valence-corrected chi connectivity index (χ2v) is 5.32. The van der Waals surface area contributed by atoms with Gasteiger partial charge in [-0.1, -0.05) is 13.8 Å². The molecule has 8 heteroatoms. The summed E-state index contributed by atoms with van der Waals surface area (Å²) >= 11 is 0. The zero-order valence-electron chi connectivity index (χ0n) is 11.6. The third-order valence-corrected chi connectivity index (χ3v) is 3.14. The van der Waals surface area contributed by atoms with Crippen LogP contribution in [0.5, 0.6) is 0 Å². The van der Waals surface area contributed by atoms with Crippen molar-refractivity contribution in [2.45, 2.75) is 33.0 Å². The van der Waals surface area contributed by atoms with Gasteiger partial charge in [0, 0.05) is 13.1 Å². The summed E-state index contributed by atoms with van der Waals surface area (Å²) in [4.78, 5) is 28.5. The summed E-state index contributed by atoms with van der Waals surface area (Å²) in [6.07, 6.45) is 1.46. The lowest BCUT2D eigenvalue weighted by atomic mass is 10.2. The summed E-state index contributed by atoms with van der Waals surface area (Å²) in [5, 5.41) is 15.9. The highest BCUT2D eigenvalue weighted by Gasteiger charge is 2.32. The number of carbonyl (C=O) groups excluding carboxylic acids is 1. The monoisotopic (exact) mass is 281 g/mol. The smallest absolute Gasteiger partial charge is 0.322 e. The number of hydrogen-bond acceptors (Lipinski definition) is 5. The Balaban J connectivity index is 2.12. The van der Waals surface area contributed by atoms with Crippen molar-refractivity contribution in [3.05, 3.63) is 12.2 Å². The van der Waals surface area contributed by atoms with Crippen LogP contribution in [-0.2, 0) is 22.7 Å². The van der Waals surface area contributed by atoms with Crippen LogP contribution in [0.2, 0.25) is 0 Å². The van der Waals surface area contributed by atoms with Gasteiger partial charge in [-0.25, -0.2) is 9.67 Å². The first-order valence-corrected chi connectivity index (χ1v) is 6.57. The molecular weight excluding hydrogens is 262 g/mol. The molecule has 1 aromatic heterocycles. The van der Waals surface area contributed by atoms with Crippen molar-refractivity contribution in [3.63, 3.8) is 0 Å². The maximum atomic E-state index is 11.4. The van der Waals surface area contributed by atoms with Crippen LogP contribution in [0.15, 0.2) is 6.33 Å². The number of aliphatic carboxylic acids is 1. The van der Waals surface area contributed by atoms with E-state index >= 15 is 0 Å². The highest BCUT2D eigenvalue weighted by atomic mass is 16.4. The van der Waals surface area contributed by atoms with Crippen molar-refractivity contribution in [2.75, 3.05) is 13.1 Å². The van der Waals surface area contributed by atoms with Crippen LogP contribution in [0.1, 0.15) is 19.7 Å². The molecule has 0 spiro atoms. The third kappa shape index (κ3) is 3.32. The number of rotatable bonds is 5. The summed E-state index contributed by atoms with van der Waals surface area (Å²) in [5.74, 6) is -0.0209. The Kier molecular flexibility index (Phi) is 4.33. The van der Waals surface area contributed by atoms with Crippen LogP contribution in [0.25, 0.3) is 0 Å². The number of amides is 1. The summed E-state index contributed by atoms with van der Waals surface area (Å²) in [7, 11) is 0. The Hall–Kier alpha value is -1.96. The van der Waals surface area contributed by atoms with Crippen LogP contribution >= 0.6 is 0 Å². The van der Waals surface area contributed by atoms with Crippen LogP contribution in [0, 0.1) is 5.92 Å². The van der Waals surface area contributed by atoms with Gasteiger partial charge in [0.2, 0.25) is 5.91 Å². The van der Waals surface area contributed by atoms with Gasteiger partial charge >= 0.3 is 5.97 Å². The Bertz CT molecular complexity index is 499. The van der Waals surface area contributed by atoms with E-state index in [0.29, 0.717) is 24.8 Å². The van der Waals surface area contributed by atoms with Gasteiger partial charge < -0.3 is 10.4 Å². The second kappa shape index (κ2) is 6.00. The number of hydrogen-bond donors (Lipinski definition) is 2. The van der Waals surface area contributed by atoms with E-state index in [1.54, 1.807) is 9.58 Å². The molecule has 1 atom stereocenters. The van der Waals surface area contributed by atoms with E-state index < -0.39 is 12.0 Å². The molecule has 0 saturated carbocycles. The van der Waals surface area contributed by atoms with Gasteiger partial charge in [-0.3, -0.25) is 14.5 Å². The quantitative estimate of drug-likeness (QED) is 0.741. The average molecular weight is 281 g/mol. The molecule has 0 radical (unpaired) electrons. The van der Waals surface area contributed by atoms with Crippen molar-refractivity contribution in [2.24, 2.45) is 5.92 Å². The van der Waals surface area contributed by atoms with E-state index in [9.17, 15) is 14.7 Å². The standard InChI is InChI=1S/C12H19N5O3/c1-8(2)4-17-10(14-7-15-17)5-16-6-11(18)13-3-9(16)12(19)20/h7-9H,3-6H2,1-2H3,(H,13,18)(H,19,20). The van der Waals surface area contributed by atoms with Gasteiger partial charge in [0.15, 0.2) is 0 Å². The molecule has 1 amide bonds. The lowest BCUT2D eigenvalue weighted by molar-refractivity contribution is -0.146. The predicted octanol–water partition coefficient (Wildman–Crippen LogP) is -0.681. The van der Waals surface area contributed by atoms with Crippen LogP contribution < -0.4 is 5.32 Å². The molecule has 110 valence electrons. The molecule has 1 fully saturated rings. The molecule has 0 aliphatic carbocycles. The van der Waals surface area contributed by atoms with E-state index in [2.05, 4.69) is 29.2 Å². The normalized spacial score (nSPS) is 20.1. The van der Waals surface area contributed by atoms with E-state index in [0.717, 1.165) is 0 Å². The van der Waals surface area contributed by atoms with Crippen molar-refractivity contribution < 1.29 is 14.7 Å². The summed E-state index contributed by atoms with van der Waals surface area (Å²) in [6, 6.07) is -0.725. The fraction of sp³-hybridized carbons (Fsp3) is 0.667. The number of carbonyl (C=O) groups is 2. The molecule has 8 nitrogen and oxygen atoms in total. The van der Waals surface area contributed by atoms with Crippen molar-refractivity contribution in [1.82, 2.24) is 25.0 Å². The number of aromatic nitrogens is 3. The van der Waals surface area contributed by atoms with Crippen LogP contribution in [0.3, 0.4) is 0 Å². The number of nitrogens with zero attached hydrogens (tertiary/aromatic N) is 4. The fourth-order valence-corrected chi connectivity index (χ4v) is 2.19. The zero-order valence-corrected chi connectivity index (χ0v) is 11.6. The molecule has 2 heterocycles. The van der Waals surface area contributed by atoms with E-state index in [1.165, 1.54) is 6.33 Å². The Morgan fingerprint density at radius 1 is 1.60 bits per heavy atom. The molecule has 20 heavy (non-hydrogen) atoms. The maximum Gasteiger partial charge on any atom is 0.322 e. The van der Waals surface area contributed by atoms with E-state index in [-0.39, 0.29) is 19.0 Å². The van der Waals surface area contributed by atoms with Crippen LogP contribution in [0.4, 0.5) is 0 Å². The molecule has 2 rings (SSSR count). The number of nitrogens with one attached hydrogen (secondary N) is 1. The highest BCUT2D eigenvalue weighted by Crippen LogP contribution is 2.10. The Morgan fingerprint density at radius 3 is 3.00 bits per heavy atom. The number of piperazine rings is 1. The van der Waals surface area contributed by atoms with Gasteiger partial charge in [0.05, 0.1) is 13.1 Å². The Morgan fingerprint density at radius 2 is 2.35 bits per heavy atom. The summed E-state index contributed by atoms with van der Waals surface area (Å²) < 4.78 is 1.76. The summed E-state index contributed by atoms with van der Waals surface area (Å²) in [6.45, 7) is 5.34. The van der Waals surface area contributed by atoms with Crippen molar-refractivity contribution >= 4 is 11.9 Å². The fourth-order valence-electron chi connectivity index (χ4n) is 2.19. The maximum absolute atomic E-state index is 11.4. The Labute approximate surface area is 116 Å². The first-order valence-electron chi connectivity index (χ1n) is 6.57. The van der Waals surface area contributed by atoms with Gasteiger partial charge in [0.1, 0.15) is 18.2 Å². The topological polar surface area (TPSA) is 100 Å². The van der Waals surface area contributed by atoms with Gasteiger partial charge in [-0.2, -0.15) is 5.10 Å². The lowest BCUT2D eigenvalue weighted by Gasteiger charge is -2.32. The minimum absolute atomic E-state index is 0.0610. The molecule has 1 unspecified atom stereocenters. The van der Waals surface area contributed by atoms with Gasteiger partial charge in [-0.05, 0) is 5.92 Å². The third-order valence-electron chi connectivity index (χ3n) is 3.14. The molecule has 1 aliphatic rings. The largest absolute Gasteiger partial charge is 0.480 e. The van der Waals surface area contributed by atoms with Gasteiger partial charge in [0.25, 0.3) is 0 Å². The molecule has 1 aliphatic heterocycles. The highest BCUT2D eigenvalue weighted by molar-refractivity contribution is 5.83. The van der Waals surface area contributed by atoms with Crippen molar-refractivity contribution in [3.8, 4) is 0 Å². The number of carboxylic acids is 1. The van der Waals surface area contributed by atoms with Gasteiger partial charge in [-0.15, -0.1) is 0 Å². The minimum atomic E-state index is -0.945. The first kappa shape index (κ1) is 14.4. The van der Waals surface area contributed by atoms with Crippen molar-refractivity contribution in [1.29, 1.82) is 0 Å². The molecule has 0 bridgehead atoms. The van der Waals surface area contributed by atoms with Crippen LogP contribution in [-0.4, -0.2) is 55.8 Å². The molecular formula is C12H19N5O3. The SMILES string of the molecule is CC(C)Cn1ncnc1CN1CC(=O)NCC1C(=O)O. The molecule has 0 aromatic carbocycles. The second-order valence-electron chi connectivity index (χ2n) is 5.32. The van der Waals surface area contributed by atoms with E-state index in [1.807, 2.05) is 0 Å². The number of carboxylic acid groups (broad SMARTS) is 1. The first-order chi connectivity index (χ1) is 9.47. The van der Waals surface area contributed by atoms with E-state index in [4.69, 9.17) is 0 Å². The summed E-state index contributed by atoms with van der Waals surface area (Å²) in [5.41, 5.74) is 0. The molecule has 1 saturated heterocycles. The predicted molar refractivity (Wildman–Crippen MR) is 69.7 cm³/mol. The molecule has 2 N–H and O–H groups in total. The average Bonchev–Trinajstić information content (AvgIpc) is 2.75. The zero-order chi connectivity index (χ0) is 14.7.